The zero-order chi connectivity index (χ0) is 21.0. The van der Waals surface area contributed by atoms with Crippen molar-refractivity contribution in [3.05, 3.63) is 101 Å². The number of rotatable bonds is 6. The van der Waals surface area contributed by atoms with Crippen LogP contribution in [0.15, 0.2) is 89.8 Å². The van der Waals surface area contributed by atoms with Gasteiger partial charge in [-0.3, -0.25) is 4.79 Å². The average Bonchev–Trinajstić information content (AvgIpc) is 3.48. The van der Waals surface area contributed by atoms with E-state index in [4.69, 9.17) is 0 Å². The minimum atomic E-state index is -0.278. The smallest absolute Gasteiger partial charge is 0.305 e. The van der Waals surface area contributed by atoms with Crippen LogP contribution < -0.4 is 10.3 Å². The van der Waals surface area contributed by atoms with Gasteiger partial charge < -0.3 is 5.32 Å². The average molecular weight is 426 g/mol. The Morgan fingerprint density at radius 3 is 2.55 bits per heavy atom. The van der Waals surface area contributed by atoms with Crippen LogP contribution in [0.2, 0.25) is 0 Å². The highest BCUT2D eigenvalue weighted by Gasteiger charge is 2.22. The highest BCUT2D eigenvalue weighted by Crippen LogP contribution is 2.25. The molecule has 5 nitrogen and oxygen atoms in total. The van der Waals surface area contributed by atoms with Gasteiger partial charge in [-0.25, -0.2) is 15.0 Å². The van der Waals surface area contributed by atoms with E-state index in [1.54, 1.807) is 16.8 Å². The summed E-state index contributed by atoms with van der Waals surface area (Å²) in [4.78, 5) is 24.3. The standard InChI is InChI=1S/C25H20N4OS/c30-25(20(18-9-5-2-6-10-18)13-17-7-3-1-4-8-17)27-19-11-12-21-22(14-19)29-24(28-21)23-15-31-16-26-23/h1-12,14-16,20H,13H2,(H,27,30)(H,28,29)/p+1. The van der Waals surface area contributed by atoms with E-state index in [1.807, 2.05) is 72.1 Å². The van der Waals surface area contributed by atoms with E-state index in [1.165, 1.54) is 0 Å². The van der Waals surface area contributed by atoms with Crippen LogP contribution in [-0.4, -0.2) is 15.9 Å². The molecule has 6 heteroatoms. The molecule has 0 aliphatic carbocycles. The molecule has 152 valence electrons. The molecule has 3 N–H and O–H groups in total. The molecular formula is C25H21N4OS+. The summed E-state index contributed by atoms with van der Waals surface area (Å²) in [5, 5.41) is 5.09. The minimum absolute atomic E-state index is 0.0235. The normalized spacial score (nSPS) is 12.0. The molecule has 2 heterocycles. The fourth-order valence-corrected chi connectivity index (χ4v) is 4.27. The molecule has 5 aromatic rings. The second-order valence-corrected chi connectivity index (χ2v) is 8.12. The number of carbonyl (C=O) groups is 1. The van der Waals surface area contributed by atoms with Gasteiger partial charge in [-0.05, 0) is 29.7 Å². The number of imidazole rings is 1. The lowest BCUT2D eigenvalue weighted by Gasteiger charge is -2.17. The molecule has 1 unspecified atom stereocenters. The molecular weight excluding hydrogens is 404 g/mol. The van der Waals surface area contributed by atoms with Crippen molar-refractivity contribution in [2.75, 3.05) is 5.32 Å². The van der Waals surface area contributed by atoms with E-state index in [9.17, 15) is 4.79 Å². The third kappa shape index (κ3) is 4.25. The van der Waals surface area contributed by atoms with Gasteiger partial charge in [-0.15, -0.1) is 11.3 Å². The highest BCUT2D eigenvalue weighted by atomic mass is 32.1. The zero-order valence-electron chi connectivity index (χ0n) is 16.7. The molecule has 0 radical (unpaired) electrons. The molecule has 3 aromatic carbocycles. The molecule has 0 aliphatic heterocycles. The van der Waals surface area contributed by atoms with Gasteiger partial charge >= 0.3 is 5.82 Å². The van der Waals surface area contributed by atoms with Gasteiger partial charge in [0.25, 0.3) is 0 Å². The first-order chi connectivity index (χ1) is 15.3. The van der Waals surface area contributed by atoms with Crippen molar-refractivity contribution in [2.45, 2.75) is 12.3 Å². The third-order valence-electron chi connectivity index (χ3n) is 5.30. The lowest BCUT2D eigenvalue weighted by Crippen LogP contribution is -2.23. The Labute approximate surface area is 183 Å². The number of amides is 1. The SMILES string of the molecule is O=C(Nc1ccc2[nH+]c(-c3cscn3)[nH]c2c1)C(Cc1ccccc1)c1ccccc1. The Morgan fingerprint density at radius 2 is 1.81 bits per heavy atom. The highest BCUT2D eigenvalue weighted by molar-refractivity contribution is 7.07. The summed E-state index contributed by atoms with van der Waals surface area (Å²) in [7, 11) is 0. The molecule has 2 aromatic heterocycles. The van der Waals surface area contributed by atoms with Crippen LogP contribution in [0, 0.1) is 0 Å². The topological polar surface area (TPSA) is 71.9 Å². The molecule has 0 fully saturated rings. The summed E-state index contributed by atoms with van der Waals surface area (Å²) in [5.74, 6) is 0.552. The summed E-state index contributed by atoms with van der Waals surface area (Å²) in [5.41, 5.74) is 7.45. The van der Waals surface area contributed by atoms with Gasteiger partial charge in [0.15, 0.2) is 16.7 Å². The number of nitrogens with one attached hydrogen (secondary N) is 3. The first kappa shape index (κ1) is 19.2. The molecule has 1 amide bonds. The number of hydrogen-bond acceptors (Lipinski definition) is 3. The summed E-state index contributed by atoms with van der Waals surface area (Å²) in [6.45, 7) is 0. The quantitative estimate of drug-likeness (QED) is 0.399. The van der Waals surface area contributed by atoms with Crippen molar-refractivity contribution in [1.29, 1.82) is 0 Å². The second-order valence-electron chi connectivity index (χ2n) is 7.40. The Morgan fingerprint density at radius 1 is 1.03 bits per heavy atom. The van der Waals surface area contributed by atoms with Crippen LogP contribution in [0.3, 0.4) is 0 Å². The molecule has 0 saturated carbocycles. The van der Waals surface area contributed by atoms with Gasteiger partial charge in [0.05, 0.1) is 11.4 Å². The fourth-order valence-electron chi connectivity index (χ4n) is 3.73. The van der Waals surface area contributed by atoms with E-state index < -0.39 is 0 Å². The van der Waals surface area contributed by atoms with E-state index in [0.29, 0.717) is 6.42 Å². The van der Waals surface area contributed by atoms with Crippen LogP contribution in [0.1, 0.15) is 17.0 Å². The summed E-state index contributed by atoms with van der Waals surface area (Å²) >= 11 is 1.55. The minimum Gasteiger partial charge on any atom is -0.325 e. The largest absolute Gasteiger partial charge is 0.325 e. The van der Waals surface area contributed by atoms with Crippen molar-refractivity contribution < 1.29 is 9.78 Å². The number of hydrogen-bond donors (Lipinski definition) is 2. The van der Waals surface area contributed by atoms with Gasteiger partial charge in [0.1, 0.15) is 0 Å². The molecule has 1 atom stereocenters. The molecule has 5 rings (SSSR count). The monoisotopic (exact) mass is 425 g/mol. The third-order valence-corrected chi connectivity index (χ3v) is 5.88. The van der Waals surface area contributed by atoms with E-state index >= 15 is 0 Å². The number of benzene rings is 3. The number of carbonyl (C=O) groups excluding carboxylic acids is 1. The van der Waals surface area contributed by atoms with Crippen LogP contribution in [0.4, 0.5) is 5.69 Å². The Kier molecular flexibility index (Phi) is 5.29. The van der Waals surface area contributed by atoms with Crippen LogP contribution in [0.25, 0.3) is 22.6 Å². The maximum atomic E-state index is 13.3. The lowest BCUT2D eigenvalue weighted by molar-refractivity contribution is -0.330. The first-order valence-corrected chi connectivity index (χ1v) is 11.0. The molecule has 0 saturated heterocycles. The number of fused-ring (bicyclic) bond motifs is 1. The molecule has 0 bridgehead atoms. The zero-order valence-corrected chi connectivity index (χ0v) is 17.5. The molecule has 31 heavy (non-hydrogen) atoms. The number of H-pyrrole nitrogens is 2. The Balaban J connectivity index is 1.41. The maximum absolute atomic E-state index is 13.3. The van der Waals surface area contributed by atoms with Crippen LogP contribution in [0.5, 0.6) is 0 Å². The Bertz CT molecular complexity index is 1300. The summed E-state index contributed by atoms with van der Waals surface area (Å²) < 4.78 is 0. The number of aromatic amines is 2. The fraction of sp³-hybridized carbons (Fsp3) is 0.0800. The van der Waals surface area contributed by atoms with Gasteiger partial charge in [-0.2, -0.15) is 0 Å². The Hall–Kier alpha value is -3.77. The molecule has 0 spiro atoms. The van der Waals surface area contributed by atoms with Crippen molar-refractivity contribution in [2.24, 2.45) is 0 Å². The number of nitrogens with zero attached hydrogens (tertiary/aromatic N) is 1. The number of anilines is 1. The van der Waals surface area contributed by atoms with Gasteiger partial charge in [0.2, 0.25) is 5.91 Å². The van der Waals surface area contributed by atoms with E-state index in [0.717, 1.165) is 39.4 Å². The predicted octanol–water partition coefficient (Wildman–Crippen LogP) is 5.07. The lowest BCUT2D eigenvalue weighted by atomic mass is 9.91. The number of aromatic nitrogens is 3. The van der Waals surface area contributed by atoms with E-state index in [-0.39, 0.29) is 11.8 Å². The molecule has 0 aliphatic rings. The predicted molar refractivity (Wildman–Crippen MR) is 124 cm³/mol. The van der Waals surface area contributed by atoms with Crippen LogP contribution in [-0.2, 0) is 11.2 Å². The maximum Gasteiger partial charge on any atom is 0.305 e. The van der Waals surface area contributed by atoms with Crippen LogP contribution >= 0.6 is 11.3 Å². The van der Waals surface area contributed by atoms with Gasteiger partial charge in [0, 0.05) is 17.1 Å². The van der Waals surface area contributed by atoms with Crippen molar-refractivity contribution >= 4 is 34.0 Å². The number of thiazole rings is 1. The summed E-state index contributed by atoms with van der Waals surface area (Å²) in [6, 6.07) is 25.9. The van der Waals surface area contributed by atoms with Gasteiger partial charge in [-0.1, -0.05) is 60.7 Å². The first-order valence-electron chi connectivity index (χ1n) is 10.1. The second kappa shape index (κ2) is 8.53. The van der Waals surface area contributed by atoms with Crippen molar-refractivity contribution in [3.8, 4) is 11.5 Å². The van der Waals surface area contributed by atoms with Crippen molar-refractivity contribution in [3.63, 3.8) is 0 Å². The summed E-state index contributed by atoms with van der Waals surface area (Å²) in [6.07, 6.45) is 0.642. The van der Waals surface area contributed by atoms with E-state index in [2.05, 4.69) is 32.4 Å². The van der Waals surface area contributed by atoms with Crippen molar-refractivity contribution in [1.82, 2.24) is 9.97 Å².